The Morgan fingerprint density at radius 3 is 2.86 bits per heavy atom. The van der Waals surface area contributed by atoms with Gasteiger partial charge >= 0.3 is 0 Å². The molecule has 1 aliphatic carbocycles. The van der Waals surface area contributed by atoms with Crippen molar-refractivity contribution in [3.8, 4) is 0 Å². The van der Waals surface area contributed by atoms with E-state index in [4.69, 9.17) is 0 Å². The van der Waals surface area contributed by atoms with Crippen LogP contribution in [0.5, 0.6) is 0 Å². The van der Waals surface area contributed by atoms with Crippen LogP contribution in [-0.4, -0.2) is 28.0 Å². The van der Waals surface area contributed by atoms with Crippen molar-refractivity contribution < 1.29 is 4.58 Å². The first-order valence-electron chi connectivity index (χ1n) is 5.21. The van der Waals surface area contributed by atoms with Gasteiger partial charge in [0.15, 0.2) is 6.04 Å². The molecule has 14 heavy (non-hydrogen) atoms. The first-order valence-corrected chi connectivity index (χ1v) is 6.43. The molecule has 2 rings (SSSR count). The summed E-state index contributed by atoms with van der Waals surface area (Å²) in [5, 5.41) is 1.51. The zero-order valence-corrected chi connectivity index (χ0v) is 9.97. The summed E-state index contributed by atoms with van der Waals surface area (Å²) in [6, 6.07) is 1.04. The van der Waals surface area contributed by atoms with Crippen LogP contribution in [0.1, 0.15) is 20.3 Å². The fourth-order valence-electron chi connectivity index (χ4n) is 2.50. The summed E-state index contributed by atoms with van der Waals surface area (Å²) < 4.78 is 2.52. The minimum Gasteiger partial charge on any atom is -0.215 e. The first-order chi connectivity index (χ1) is 6.66. The van der Waals surface area contributed by atoms with Gasteiger partial charge in [-0.2, -0.15) is 0 Å². The Hall–Kier alpha value is -0.500. The van der Waals surface area contributed by atoms with Gasteiger partial charge in [0.1, 0.15) is 6.04 Å². The molecule has 0 radical (unpaired) electrons. The Balaban J connectivity index is 2.47. The Kier molecular flexibility index (Phi) is 2.56. The van der Waals surface area contributed by atoms with E-state index < -0.39 is 0 Å². The minimum atomic E-state index is 0.469. The Morgan fingerprint density at radius 2 is 2.29 bits per heavy atom. The van der Waals surface area contributed by atoms with Crippen LogP contribution in [0, 0.1) is 5.92 Å². The van der Waals surface area contributed by atoms with Gasteiger partial charge in [-0.3, -0.25) is 0 Å². The molecule has 1 nitrogen and oxygen atoms in total. The molecule has 0 saturated heterocycles. The number of thioether (sulfide) groups is 1. The van der Waals surface area contributed by atoms with Gasteiger partial charge in [0.05, 0.1) is 5.92 Å². The topological polar surface area (TPSA) is 3.01 Å². The number of fused-ring (bicyclic) bond motifs is 2. The fourth-order valence-corrected chi connectivity index (χ4v) is 3.56. The summed E-state index contributed by atoms with van der Waals surface area (Å²) in [6.45, 7) is 8.77. The van der Waals surface area contributed by atoms with Gasteiger partial charge in [-0.15, -0.1) is 0 Å². The number of hydrogen-bond donors (Lipinski definition) is 0. The molecule has 0 spiro atoms. The first kappa shape index (κ1) is 10.0. The molecule has 2 heteroatoms. The lowest BCUT2D eigenvalue weighted by molar-refractivity contribution is -0.567. The Labute approximate surface area is 90.6 Å². The average Bonchev–Trinajstić information content (AvgIpc) is 2.34. The molecular formula is C12H18NS+. The van der Waals surface area contributed by atoms with Crippen molar-refractivity contribution in [1.82, 2.24) is 0 Å². The summed E-state index contributed by atoms with van der Waals surface area (Å²) in [5.74, 6) is 0.599. The van der Waals surface area contributed by atoms with E-state index in [1.807, 2.05) is 11.8 Å². The highest BCUT2D eigenvalue weighted by molar-refractivity contribution is 8.13. The summed E-state index contributed by atoms with van der Waals surface area (Å²) in [4.78, 5) is 0. The third kappa shape index (κ3) is 1.28. The third-order valence-electron chi connectivity index (χ3n) is 3.14. The molecule has 0 amide bonds. The molecule has 0 fully saturated rings. The number of nitrogens with zero attached hydrogens (tertiary/aromatic N) is 1. The van der Waals surface area contributed by atoms with Crippen LogP contribution in [-0.2, 0) is 0 Å². The van der Waals surface area contributed by atoms with Crippen LogP contribution in [0.25, 0.3) is 0 Å². The van der Waals surface area contributed by atoms with Crippen LogP contribution in [0.4, 0.5) is 0 Å². The van der Waals surface area contributed by atoms with Crippen LogP contribution in [0.2, 0.25) is 0 Å². The number of rotatable bonds is 1. The highest BCUT2D eigenvalue weighted by Gasteiger charge is 2.45. The molecule has 2 aliphatic rings. The van der Waals surface area contributed by atoms with Crippen molar-refractivity contribution in [3.63, 3.8) is 0 Å². The molecular weight excluding hydrogens is 190 g/mol. The van der Waals surface area contributed by atoms with Crippen LogP contribution in [0.15, 0.2) is 24.3 Å². The highest BCUT2D eigenvalue weighted by atomic mass is 32.2. The smallest absolute Gasteiger partial charge is 0.215 e. The van der Waals surface area contributed by atoms with E-state index >= 15 is 0 Å². The van der Waals surface area contributed by atoms with Crippen LogP contribution >= 0.6 is 11.8 Å². The molecule has 0 N–H and O–H groups in total. The minimum absolute atomic E-state index is 0.469. The van der Waals surface area contributed by atoms with E-state index in [0.717, 1.165) is 6.42 Å². The van der Waals surface area contributed by atoms with E-state index in [0.29, 0.717) is 18.0 Å². The number of allylic oxidation sites excluding steroid dienone is 1. The second kappa shape index (κ2) is 3.58. The van der Waals surface area contributed by atoms with Gasteiger partial charge in [0.25, 0.3) is 0 Å². The van der Waals surface area contributed by atoms with Gasteiger partial charge in [-0.05, 0) is 32.6 Å². The molecule has 2 bridgehead atoms. The summed E-state index contributed by atoms with van der Waals surface area (Å²) in [6.07, 6.45) is 7.94. The molecule has 1 aliphatic heterocycles. The summed E-state index contributed by atoms with van der Waals surface area (Å²) >= 11 is 1.89. The second-order valence-electron chi connectivity index (χ2n) is 4.28. The maximum Gasteiger partial charge on any atom is 0.219 e. The second-order valence-corrected chi connectivity index (χ2v) is 5.11. The fraction of sp³-hybridized carbons (Fsp3) is 0.583. The SMILES string of the molecule is C=C1[C@@H]2CC=C[C@H]1[N+](C(C)C)=C2SC. The number of hydrogen-bond acceptors (Lipinski definition) is 1. The van der Waals surface area contributed by atoms with E-state index in [2.05, 4.69) is 43.4 Å². The van der Waals surface area contributed by atoms with Gasteiger partial charge in [0, 0.05) is 5.57 Å². The quantitative estimate of drug-likeness (QED) is 0.473. The van der Waals surface area contributed by atoms with Gasteiger partial charge in [-0.25, -0.2) is 4.58 Å². The normalized spacial score (nSPS) is 30.7. The van der Waals surface area contributed by atoms with E-state index in [1.54, 1.807) is 0 Å². The van der Waals surface area contributed by atoms with Crippen molar-refractivity contribution in [2.24, 2.45) is 5.92 Å². The van der Waals surface area contributed by atoms with Gasteiger partial charge < -0.3 is 0 Å². The average molecular weight is 208 g/mol. The Bertz CT molecular complexity index is 325. The molecule has 0 aromatic carbocycles. The van der Waals surface area contributed by atoms with E-state index in [1.165, 1.54) is 10.6 Å². The molecule has 0 saturated carbocycles. The lowest BCUT2D eigenvalue weighted by Gasteiger charge is -2.13. The third-order valence-corrected chi connectivity index (χ3v) is 4.05. The van der Waals surface area contributed by atoms with Crippen molar-refractivity contribution in [3.05, 3.63) is 24.3 Å². The predicted molar refractivity (Wildman–Crippen MR) is 64.1 cm³/mol. The lowest BCUT2D eigenvalue weighted by atomic mass is 9.90. The maximum absolute atomic E-state index is 4.24. The summed E-state index contributed by atoms with van der Waals surface area (Å²) in [7, 11) is 0. The maximum atomic E-state index is 4.24. The molecule has 76 valence electrons. The van der Waals surface area contributed by atoms with Gasteiger partial charge in [-0.1, -0.05) is 24.4 Å². The molecule has 0 unspecified atom stereocenters. The van der Waals surface area contributed by atoms with E-state index in [-0.39, 0.29) is 0 Å². The molecule has 0 aromatic rings. The monoisotopic (exact) mass is 208 g/mol. The lowest BCUT2D eigenvalue weighted by Crippen LogP contribution is -2.29. The van der Waals surface area contributed by atoms with Crippen LogP contribution in [0.3, 0.4) is 0 Å². The molecule has 1 heterocycles. The highest BCUT2D eigenvalue weighted by Crippen LogP contribution is 2.37. The van der Waals surface area contributed by atoms with Crippen molar-refractivity contribution in [2.75, 3.05) is 6.26 Å². The zero-order valence-electron chi connectivity index (χ0n) is 9.16. The van der Waals surface area contributed by atoms with Crippen molar-refractivity contribution in [2.45, 2.75) is 32.4 Å². The molecule has 2 atom stereocenters. The van der Waals surface area contributed by atoms with Crippen molar-refractivity contribution in [1.29, 1.82) is 0 Å². The van der Waals surface area contributed by atoms with Crippen LogP contribution < -0.4 is 0 Å². The Morgan fingerprint density at radius 1 is 1.57 bits per heavy atom. The zero-order chi connectivity index (χ0) is 10.3. The molecule has 0 aromatic heterocycles. The predicted octanol–water partition coefficient (Wildman–Crippen LogP) is 2.68. The van der Waals surface area contributed by atoms with Gasteiger partial charge in [0.2, 0.25) is 5.04 Å². The van der Waals surface area contributed by atoms with E-state index in [9.17, 15) is 0 Å². The standard InChI is InChI=1S/C12H18NS/c1-8(2)13-11-7-5-6-10(9(11)3)12(13)14-4/h5,7-8,10-11H,3,6H2,1-2,4H3/q+1/t10-,11+/m0/s1. The largest absolute Gasteiger partial charge is 0.219 e. The van der Waals surface area contributed by atoms with Crippen molar-refractivity contribution >= 4 is 16.8 Å². The summed E-state index contributed by atoms with van der Waals surface area (Å²) in [5.41, 5.74) is 1.39.